The Hall–Kier alpha value is -1.46. The first-order valence-electron chi connectivity index (χ1n) is 7.61. The molecule has 0 atom stereocenters. The highest BCUT2D eigenvalue weighted by atomic mass is 16.6. The van der Waals surface area contributed by atoms with Crippen LogP contribution in [0.3, 0.4) is 0 Å². The predicted octanol–water partition coefficient (Wildman–Crippen LogP) is 2.64. The van der Waals surface area contributed by atoms with E-state index in [0.717, 1.165) is 31.7 Å². The second-order valence-electron chi connectivity index (χ2n) is 7.80. The topological polar surface area (TPSA) is 49.6 Å². The van der Waals surface area contributed by atoms with Crippen molar-refractivity contribution in [3.05, 3.63) is 39.9 Å². The smallest absolute Gasteiger partial charge is 0.275 e. The molecule has 4 heterocycles. The van der Waals surface area contributed by atoms with Crippen LogP contribution in [0.4, 0.5) is 5.69 Å². The minimum Gasteiger partial charge on any atom is -0.283 e. The summed E-state index contributed by atoms with van der Waals surface area (Å²) in [5, 5.41) is 11.4. The van der Waals surface area contributed by atoms with Gasteiger partial charge in [-0.3, -0.25) is 19.9 Å². The fraction of sp³-hybridized carbons (Fsp3) is 0.625. The molecule has 5 rings (SSSR count). The summed E-state index contributed by atoms with van der Waals surface area (Å²) in [5.41, 5.74) is 1.79. The van der Waals surface area contributed by atoms with Gasteiger partial charge in [0.1, 0.15) is 0 Å². The van der Waals surface area contributed by atoms with Crippen LogP contribution in [-0.4, -0.2) is 40.9 Å². The Bertz CT molecular complexity index is 579. The van der Waals surface area contributed by atoms with Crippen LogP contribution in [0.5, 0.6) is 0 Å². The number of hydrogen-bond acceptors (Lipinski definition) is 4. The molecule has 0 amide bonds. The summed E-state index contributed by atoms with van der Waals surface area (Å²) in [6, 6.07) is 7.23. The van der Waals surface area contributed by atoms with Crippen LogP contribution in [0, 0.1) is 20.9 Å². The van der Waals surface area contributed by atoms with Crippen molar-refractivity contribution in [1.82, 2.24) is 9.80 Å². The maximum atomic E-state index is 11.4. The van der Waals surface area contributed by atoms with E-state index in [1.165, 1.54) is 6.42 Å². The van der Waals surface area contributed by atoms with Crippen molar-refractivity contribution in [2.45, 2.75) is 26.4 Å². The fourth-order valence-corrected chi connectivity index (χ4v) is 5.27. The van der Waals surface area contributed by atoms with Crippen LogP contribution in [0.2, 0.25) is 0 Å². The first-order valence-corrected chi connectivity index (χ1v) is 7.61. The van der Waals surface area contributed by atoms with Crippen molar-refractivity contribution in [3.63, 3.8) is 0 Å². The second kappa shape index (κ2) is 4.05. The van der Waals surface area contributed by atoms with E-state index in [1.807, 2.05) is 12.1 Å². The third-order valence-electron chi connectivity index (χ3n) is 5.30. The van der Waals surface area contributed by atoms with E-state index in [-0.39, 0.29) is 16.8 Å². The lowest BCUT2D eigenvalue weighted by molar-refractivity contribution is -0.386. The van der Waals surface area contributed by atoms with Crippen LogP contribution in [-0.2, 0) is 0 Å². The lowest BCUT2D eigenvalue weighted by atomic mass is 9.63. The maximum Gasteiger partial charge on any atom is 0.275 e. The molecule has 0 saturated carbocycles. The number of piperidine rings is 2. The summed E-state index contributed by atoms with van der Waals surface area (Å²) in [7, 11) is 0. The first kappa shape index (κ1) is 13.2. The molecule has 5 heteroatoms. The van der Waals surface area contributed by atoms with E-state index in [1.54, 1.807) is 12.1 Å². The van der Waals surface area contributed by atoms with Gasteiger partial charge in [0, 0.05) is 32.2 Å². The highest BCUT2D eigenvalue weighted by molar-refractivity contribution is 5.42. The summed E-state index contributed by atoms with van der Waals surface area (Å²) in [5.74, 6) is 0. The SMILES string of the molecule is CC12CN3CC(C)(CN(C1)C3c1ccccc1[N+](=O)[O-])C2. The second-order valence-corrected chi connectivity index (χ2v) is 7.80. The van der Waals surface area contributed by atoms with Crippen molar-refractivity contribution in [2.75, 3.05) is 26.2 Å². The molecular weight excluding hydrogens is 266 g/mol. The average Bonchev–Trinajstić information content (AvgIpc) is 2.35. The molecule has 1 aromatic carbocycles. The Morgan fingerprint density at radius 1 is 1.10 bits per heavy atom. The standard InChI is InChI=1S/C16H21N3O2/c1-15-7-16(2)10-17(8-15)14(18(9-15)11-16)12-5-3-4-6-13(12)19(20)21/h3-6,14H,7-11H2,1-2H3. The monoisotopic (exact) mass is 287 g/mol. The van der Waals surface area contributed by atoms with Gasteiger partial charge >= 0.3 is 0 Å². The molecule has 0 N–H and O–H groups in total. The largest absolute Gasteiger partial charge is 0.283 e. The van der Waals surface area contributed by atoms with Gasteiger partial charge in [-0.1, -0.05) is 26.0 Å². The van der Waals surface area contributed by atoms with Crippen LogP contribution in [0.15, 0.2) is 24.3 Å². The van der Waals surface area contributed by atoms with Crippen molar-refractivity contribution in [2.24, 2.45) is 10.8 Å². The van der Waals surface area contributed by atoms with Crippen molar-refractivity contribution >= 4 is 5.69 Å². The third kappa shape index (κ3) is 1.91. The number of nitrogens with zero attached hydrogens (tertiary/aromatic N) is 3. The Balaban J connectivity index is 1.77. The summed E-state index contributed by atoms with van der Waals surface area (Å²) in [6.45, 7) is 8.93. The van der Waals surface area contributed by atoms with Gasteiger partial charge in [-0.15, -0.1) is 0 Å². The Morgan fingerprint density at radius 2 is 1.62 bits per heavy atom. The number of rotatable bonds is 2. The fourth-order valence-electron chi connectivity index (χ4n) is 5.27. The Labute approximate surface area is 124 Å². The van der Waals surface area contributed by atoms with E-state index >= 15 is 0 Å². The van der Waals surface area contributed by atoms with E-state index in [4.69, 9.17) is 0 Å². The summed E-state index contributed by atoms with van der Waals surface area (Å²) >= 11 is 0. The number of para-hydroxylation sites is 1. The highest BCUT2D eigenvalue weighted by Gasteiger charge is 2.57. The molecule has 4 aliphatic rings. The molecule has 0 unspecified atom stereocenters. The Kier molecular flexibility index (Phi) is 2.55. The number of benzene rings is 1. The molecule has 4 saturated heterocycles. The molecular formula is C16H21N3O2. The normalized spacial score (nSPS) is 44.0. The van der Waals surface area contributed by atoms with E-state index in [2.05, 4.69) is 23.6 Å². The van der Waals surface area contributed by atoms with Crippen LogP contribution in [0.25, 0.3) is 0 Å². The van der Waals surface area contributed by atoms with Gasteiger partial charge in [-0.25, -0.2) is 0 Å². The van der Waals surface area contributed by atoms with Crippen molar-refractivity contribution in [3.8, 4) is 0 Å². The minimum absolute atomic E-state index is 0.0769. The van der Waals surface area contributed by atoms with E-state index in [0.29, 0.717) is 10.8 Å². The molecule has 112 valence electrons. The van der Waals surface area contributed by atoms with Crippen LogP contribution in [0.1, 0.15) is 32.0 Å². The molecule has 4 fully saturated rings. The van der Waals surface area contributed by atoms with Crippen molar-refractivity contribution in [1.29, 1.82) is 0 Å². The molecule has 1 aromatic rings. The minimum atomic E-state index is -0.244. The van der Waals surface area contributed by atoms with Gasteiger partial charge in [0.2, 0.25) is 0 Å². The average molecular weight is 287 g/mol. The van der Waals surface area contributed by atoms with Crippen LogP contribution >= 0.6 is 0 Å². The van der Waals surface area contributed by atoms with Gasteiger partial charge in [0.25, 0.3) is 5.69 Å². The quantitative estimate of drug-likeness (QED) is 0.620. The maximum absolute atomic E-state index is 11.4. The number of nitro benzene ring substituents is 1. The Morgan fingerprint density at radius 3 is 2.14 bits per heavy atom. The van der Waals surface area contributed by atoms with E-state index < -0.39 is 0 Å². The van der Waals surface area contributed by atoms with Gasteiger partial charge < -0.3 is 0 Å². The molecule has 4 bridgehead atoms. The lowest BCUT2D eigenvalue weighted by Gasteiger charge is -2.66. The number of nitro groups is 1. The molecule has 0 aliphatic carbocycles. The zero-order chi connectivity index (χ0) is 14.8. The van der Waals surface area contributed by atoms with Gasteiger partial charge in [-0.2, -0.15) is 0 Å². The number of hydrogen-bond donors (Lipinski definition) is 0. The van der Waals surface area contributed by atoms with Gasteiger partial charge in [0.05, 0.1) is 16.7 Å². The van der Waals surface area contributed by atoms with Crippen LogP contribution < -0.4 is 0 Å². The lowest BCUT2D eigenvalue weighted by Crippen LogP contribution is -2.70. The third-order valence-corrected chi connectivity index (χ3v) is 5.30. The predicted molar refractivity (Wildman–Crippen MR) is 79.8 cm³/mol. The highest BCUT2D eigenvalue weighted by Crippen LogP contribution is 2.54. The van der Waals surface area contributed by atoms with Gasteiger partial charge in [0.15, 0.2) is 0 Å². The molecule has 5 nitrogen and oxygen atoms in total. The summed E-state index contributed by atoms with van der Waals surface area (Å²) in [6.07, 6.45) is 1.35. The zero-order valence-corrected chi connectivity index (χ0v) is 12.6. The van der Waals surface area contributed by atoms with Crippen molar-refractivity contribution < 1.29 is 4.92 Å². The molecule has 0 radical (unpaired) electrons. The molecule has 0 spiro atoms. The molecule has 21 heavy (non-hydrogen) atoms. The molecule has 0 aromatic heterocycles. The summed E-state index contributed by atoms with van der Waals surface area (Å²) in [4.78, 5) is 16.0. The van der Waals surface area contributed by atoms with E-state index in [9.17, 15) is 10.1 Å². The van der Waals surface area contributed by atoms with Gasteiger partial charge in [-0.05, 0) is 23.3 Å². The first-order chi connectivity index (χ1) is 9.89. The summed E-state index contributed by atoms with van der Waals surface area (Å²) < 4.78 is 0. The molecule has 4 aliphatic heterocycles. The zero-order valence-electron chi connectivity index (χ0n) is 12.6.